The van der Waals surface area contributed by atoms with Gasteiger partial charge in [0.05, 0.1) is 0 Å². The number of carboxylic acid groups (broad SMARTS) is 1. The summed E-state index contributed by atoms with van der Waals surface area (Å²) >= 11 is 0. The molecule has 0 spiro atoms. The second-order valence-corrected chi connectivity index (χ2v) is 4.93. The van der Waals surface area contributed by atoms with Gasteiger partial charge < -0.3 is 20.6 Å². The Balaban J connectivity index is 1.90. The highest BCUT2D eigenvalue weighted by Gasteiger charge is 2.29. The Labute approximate surface area is 121 Å². The second-order valence-electron chi connectivity index (χ2n) is 4.93. The average Bonchev–Trinajstić information content (AvgIpc) is 3.29. The van der Waals surface area contributed by atoms with Crippen LogP contribution in [0, 0.1) is 0 Å². The van der Waals surface area contributed by atoms with Crippen LogP contribution in [0.3, 0.4) is 0 Å². The number of carbonyl (C=O) groups is 3. The van der Waals surface area contributed by atoms with Crippen molar-refractivity contribution < 1.29 is 19.5 Å². The van der Waals surface area contributed by atoms with Crippen molar-refractivity contribution in [2.75, 3.05) is 18.9 Å². The summed E-state index contributed by atoms with van der Waals surface area (Å²) in [6.07, 6.45) is 2.07. The number of anilines is 1. The van der Waals surface area contributed by atoms with Crippen LogP contribution in [0.1, 0.15) is 23.2 Å². The van der Waals surface area contributed by atoms with Gasteiger partial charge in [0.25, 0.3) is 5.91 Å². The highest BCUT2D eigenvalue weighted by Crippen LogP contribution is 2.25. The molecule has 0 aromatic heterocycles. The number of amides is 3. The fourth-order valence-electron chi connectivity index (χ4n) is 1.80. The van der Waals surface area contributed by atoms with E-state index in [0.717, 1.165) is 12.8 Å². The van der Waals surface area contributed by atoms with Crippen LogP contribution in [0.5, 0.6) is 0 Å². The molecule has 7 nitrogen and oxygen atoms in total. The third-order valence-electron chi connectivity index (χ3n) is 3.21. The first-order chi connectivity index (χ1) is 9.97. The lowest BCUT2D eigenvalue weighted by Gasteiger charge is -2.17. The van der Waals surface area contributed by atoms with Crippen LogP contribution >= 0.6 is 0 Å². The number of nitrogens with zero attached hydrogens (tertiary/aromatic N) is 1. The minimum atomic E-state index is -1.10. The Morgan fingerprint density at radius 3 is 2.38 bits per heavy atom. The van der Waals surface area contributed by atoms with Crippen LogP contribution in [0.15, 0.2) is 24.3 Å². The number of aliphatic carboxylic acids is 1. The Hall–Kier alpha value is -2.57. The zero-order chi connectivity index (χ0) is 15.4. The van der Waals surface area contributed by atoms with E-state index in [1.165, 1.54) is 12.1 Å². The van der Waals surface area contributed by atoms with Crippen LogP contribution in [-0.2, 0) is 4.79 Å². The first-order valence-electron chi connectivity index (χ1n) is 6.61. The zero-order valence-corrected chi connectivity index (χ0v) is 11.6. The van der Waals surface area contributed by atoms with Gasteiger partial charge in [-0.1, -0.05) is 0 Å². The minimum absolute atomic E-state index is 0.180. The quantitative estimate of drug-likeness (QED) is 0.757. The molecule has 0 atom stereocenters. The largest absolute Gasteiger partial charge is 0.480 e. The molecule has 112 valence electrons. The third-order valence-corrected chi connectivity index (χ3v) is 3.21. The van der Waals surface area contributed by atoms with E-state index in [9.17, 15) is 14.4 Å². The normalized spacial score (nSPS) is 13.4. The number of benzene rings is 1. The Kier molecular flexibility index (Phi) is 4.42. The van der Waals surface area contributed by atoms with Crippen LogP contribution in [0.2, 0.25) is 0 Å². The van der Waals surface area contributed by atoms with Crippen molar-refractivity contribution >= 4 is 23.6 Å². The van der Waals surface area contributed by atoms with Gasteiger partial charge in [-0.25, -0.2) is 4.79 Å². The van der Waals surface area contributed by atoms with Crippen LogP contribution < -0.4 is 10.6 Å². The number of rotatable bonds is 5. The Morgan fingerprint density at radius 2 is 1.86 bits per heavy atom. The van der Waals surface area contributed by atoms with Gasteiger partial charge in [0.2, 0.25) is 0 Å². The molecule has 21 heavy (non-hydrogen) atoms. The fourth-order valence-corrected chi connectivity index (χ4v) is 1.80. The summed E-state index contributed by atoms with van der Waals surface area (Å²) in [5.41, 5.74) is 0.923. The van der Waals surface area contributed by atoms with Gasteiger partial charge in [-0.05, 0) is 37.1 Å². The smallest absolute Gasteiger partial charge is 0.322 e. The summed E-state index contributed by atoms with van der Waals surface area (Å²) in [5.74, 6) is -1.57. The molecule has 0 aliphatic heterocycles. The Morgan fingerprint density at radius 1 is 1.24 bits per heavy atom. The molecule has 2 rings (SSSR count). The summed E-state index contributed by atoms with van der Waals surface area (Å²) in [4.78, 5) is 35.5. The lowest BCUT2D eigenvalue weighted by Crippen LogP contribution is -2.33. The minimum Gasteiger partial charge on any atom is -0.480 e. The van der Waals surface area contributed by atoms with Crippen molar-refractivity contribution in [3.05, 3.63) is 29.8 Å². The van der Waals surface area contributed by atoms with Crippen LogP contribution in [0.25, 0.3) is 0 Å². The third kappa shape index (κ3) is 4.20. The maximum absolute atomic E-state index is 11.9. The summed E-state index contributed by atoms with van der Waals surface area (Å²) < 4.78 is 0. The van der Waals surface area contributed by atoms with Gasteiger partial charge >= 0.3 is 12.0 Å². The molecular weight excluding hydrogens is 274 g/mol. The first-order valence-corrected chi connectivity index (χ1v) is 6.61. The van der Waals surface area contributed by atoms with Crippen molar-refractivity contribution in [3.63, 3.8) is 0 Å². The first kappa shape index (κ1) is 14.8. The molecule has 1 fully saturated rings. The summed E-state index contributed by atoms with van der Waals surface area (Å²) in [6, 6.07) is 6.42. The number of hydrogen-bond donors (Lipinski definition) is 3. The van der Waals surface area contributed by atoms with Crippen LogP contribution in [0.4, 0.5) is 10.5 Å². The lowest BCUT2D eigenvalue weighted by atomic mass is 10.2. The molecule has 1 aliphatic rings. The average molecular weight is 291 g/mol. The standard InChI is InChI=1S/C14H17N3O4/c1-17(11-6-7-11)14(21)16-10-4-2-9(3-5-10)13(20)15-8-12(18)19/h2-5,11H,6-8H2,1H3,(H,15,20)(H,16,21)(H,18,19). The highest BCUT2D eigenvalue weighted by molar-refractivity contribution is 5.96. The van der Waals surface area contributed by atoms with Gasteiger partial charge in [0.15, 0.2) is 0 Å². The molecule has 0 bridgehead atoms. The van der Waals surface area contributed by atoms with E-state index in [0.29, 0.717) is 17.3 Å². The van der Waals surface area contributed by atoms with Crippen molar-refractivity contribution in [1.29, 1.82) is 0 Å². The molecule has 1 aliphatic carbocycles. The number of nitrogens with one attached hydrogen (secondary N) is 2. The number of carbonyl (C=O) groups excluding carboxylic acids is 2. The van der Waals surface area contributed by atoms with E-state index in [2.05, 4.69) is 10.6 Å². The topological polar surface area (TPSA) is 98.7 Å². The number of urea groups is 1. The van der Waals surface area contributed by atoms with Crippen molar-refractivity contribution in [1.82, 2.24) is 10.2 Å². The van der Waals surface area contributed by atoms with E-state index in [4.69, 9.17) is 5.11 Å². The van der Waals surface area contributed by atoms with E-state index < -0.39 is 18.4 Å². The van der Waals surface area contributed by atoms with Crippen molar-refractivity contribution in [2.45, 2.75) is 18.9 Å². The lowest BCUT2D eigenvalue weighted by molar-refractivity contribution is -0.135. The number of hydrogen-bond acceptors (Lipinski definition) is 3. The monoisotopic (exact) mass is 291 g/mol. The van der Waals surface area contributed by atoms with E-state index >= 15 is 0 Å². The summed E-state index contributed by atoms with van der Waals surface area (Å²) in [5, 5.41) is 13.5. The molecule has 3 amide bonds. The van der Waals surface area contributed by atoms with E-state index in [-0.39, 0.29) is 6.03 Å². The molecule has 1 saturated carbocycles. The molecule has 3 N–H and O–H groups in total. The molecule has 7 heteroatoms. The summed E-state index contributed by atoms with van der Waals surface area (Å²) in [6.45, 7) is -0.427. The molecular formula is C14H17N3O4. The SMILES string of the molecule is CN(C(=O)Nc1ccc(C(=O)NCC(=O)O)cc1)C1CC1. The highest BCUT2D eigenvalue weighted by atomic mass is 16.4. The Bertz CT molecular complexity index is 552. The molecule has 1 aromatic carbocycles. The molecule has 1 aromatic rings. The fraction of sp³-hybridized carbons (Fsp3) is 0.357. The molecule has 0 saturated heterocycles. The molecule has 0 heterocycles. The second kappa shape index (κ2) is 6.25. The predicted molar refractivity (Wildman–Crippen MR) is 76.2 cm³/mol. The van der Waals surface area contributed by atoms with E-state index in [1.54, 1.807) is 24.1 Å². The van der Waals surface area contributed by atoms with Gasteiger partial charge in [0.1, 0.15) is 6.54 Å². The van der Waals surface area contributed by atoms with Gasteiger partial charge in [-0.3, -0.25) is 9.59 Å². The van der Waals surface area contributed by atoms with Crippen molar-refractivity contribution in [3.8, 4) is 0 Å². The summed E-state index contributed by atoms with van der Waals surface area (Å²) in [7, 11) is 1.75. The molecule has 0 radical (unpaired) electrons. The van der Waals surface area contributed by atoms with Gasteiger partial charge in [-0.15, -0.1) is 0 Å². The zero-order valence-electron chi connectivity index (χ0n) is 11.6. The molecule has 0 unspecified atom stereocenters. The predicted octanol–water partition coefficient (Wildman–Crippen LogP) is 1.13. The maximum Gasteiger partial charge on any atom is 0.322 e. The van der Waals surface area contributed by atoms with E-state index in [1.807, 2.05) is 0 Å². The van der Waals surface area contributed by atoms with Gasteiger partial charge in [-0.2, -0.15) is 0 Å². The van der Waals surface area contributed by atoms with Crippen LogP contribution in [-0.4, -0.2) is 47.5 Å². The van der Waals surface area contributed by atoms with Gasteiger partial charge in [0, 0.05) is 24.3 Å². The number of carboxylic acids is 1. The van der Waals surface area contributed by atoms with Crippen molar-refractivity contribution in [2.24, 2.45) is 0 Å². The maximum atomic E-state index is 11.9.